The minimum absolute atomic E-state index is 0.385. The van der Waals surface area contributed by atoms with Crippen molar-refractivity contribution in [2.45, 2.75) is 37.8 Å². The normalized spacial score (nSPS) is 13.9. The number of nitrogens with two attached hydrogens (primary N) is 2. The summed E-state index contributed by atoms with van der Waals surface area (Å²) in [4.78, 5) is 43.1. The summed E-state index contributed by atoms with van der Waals surface area (Å²) in [5, 5.41) is 17.8. The van der Waals surface area contributed by atoms with E-state index in [-0.39, 0.29) is 12.8 Å². The average Bonchev–Trinajstić information content (AvgIpc) is 2.38. The Hall–Kier alpha value is -2.25. The summed E-state index contributed by atoms with van der Waals surface area (Å²) >= 11 is 0. The van der Waals surface area contributed by atoms with Crippen LogP contribution in [0.1, 0.15) is 25.7 Å². The molecule has 0 radical (unpaired) electrons. The standard InChI is InChI=1S/C10H18N4O8S/c11-7(15)3-1-5(9(17)18)13-23(21,22)14-6(10(19)20)2-4-8(12)16/h5-6,13-14H,1-4H2,(H2,11,15)(H2,12,16)(H,17,18)(H,19,20)/t5-,6-/m0/s1. The van der Waals surface area contributed by atoms with E-state index in [4.69, 9.17) is 21.7 Å². The molecule has 0 saturated carbocycles. The van der Waals surface area contributed by atoms with Gasteiger partial charge in [-0.1, -0.05) is 0 Å². The molecule has 0 rings (SSSR count). The van der Waals surface area contributed by atoms with Gasteiger partial charge in [0.05, 0.1) is 0 Å². The Labute approximate surface area is 131 Å². The fourth-order valence-electron chi connectivity index (χ4n) is 1.45. The van der Waals surface area contributed by atoms with Crippen LogP contribution in [0.4, 0.5) is 0 Å². The maximum absolute atomic E-state index is 11.8. The van der Waals surface area contributed by atoms with E-state index in [1.54, 1.807) is 9.44 Å². The van der Waals surface area contributed by atoms with Gasteiger partial charge in [-0.05, 0) is 12.8 Å². The molecule has 2 amide bonds. The van der Waals surface area contributed by atoms with Gasteiger partial charge in [0.2, 0.25) is 11.8 Å². The number of carboxylic acids is 2. The molecule has 0 aromatic heterocycles. The lowest BCUT2D eigenvalue weighted by Gasteiger charge is -2.18. The number of aliphatic carboxylic acids is 2. The van der Waals surface area contributed by atoms with Crippen LogP contribution in [0.2, 0.25) is 0 Å². The summed E-state index contributed by atoms with van der Waals surface area (Å²) in [6.45, 7) is 0. The Morgan fingerprint density at radius 1 is 0.826 bits per heavy atom. The van der Waals surface area contributed by atoms with E-state index in [9.17, 15) is 27.6 Å². The highest BCUT2D eigenvalue weighted by Crippen LogP contribution is 2.03. The van der Waals surface area contributed by atoms with Crippen LogP contribution >= 0.6 is 0 Å². The SMILES string of the molecule is NC(=O)CC[C@H](NS(=O)(=O)N[C@@H](CCC(N)=O)C(=O)O)C(=O)O. The summed E-state index contributed by atoms with van der Waals surface area (Å²) in [5.41, 5.74) is 9.69. The summed E-state index contributed by atoms with van der Waals surface area (Å²) in [7, 11) is -4.53. The number of hydrogen-bond acceptors (Lipinski definition) is 6. The molecule has 8 N–H and O–H groups in total. The van der Waals surface area contributed by atoms with Crippen LogP contribution < -0.4 is 20.9 Å². The first-order valence-electron chi connectivity index (χ1n) is 6.26. The van der Waals surface area contributed by atoms with Crippen LogP contribution in [0, 0.1) is 0 Å². The second kappa shape index (κ2) is 9.02. The monoisotopic (exact) mass is 354 g/mol. The second-order valence-electron chi connectivity index (χ2n) is 4.53. The number of hydrogen-bond donors (Lipinski definition) is 6. The second-order valence-corrected chi connectivity index (χ2v) is 6.01. The van der Waals surface area contributed by atoms with Crippen molar-refractivity contribution in [3.63, 3.8) is 0 Å². The van der Waals surface area contributed by atoms with Gasteiger partial charge in [0.25, 0.3) is 10.2 Å². The minimum Gasteiger partial charge on any atom is -0.480 e. The zero-order chi connectivity index (χ0) is 18.2. The third kappa shape index (κ3) is 9.38. The summed E-state index contributed by atoms with van der Waals surface area (Å²) in [5.74, 6) is -4.79. The first kappa shape index (κ1) is 20.8. The molecule has 0 fully saturated rings. The maximum Gasteiger partial charge on any atom is 0.321 e. The molecule has 0 unspecified atom stereocenters. The van der Waals surface area contributed by atoms with E-state index in [1.165, 1.54) is 0 Å². The maximum atomic E-state index is 11.8. The van der Waals surface area contributed by atoms with Crippen molar-refractivity contribution >= 4 is 34.0 Å². The number of carbonyl (C=O) groups excluding carboxylic acids is 2. The Morgan fingerprint density at radius 2 is 1.13 bits per heavy atom. The average molecular weight is 354 g/mol. The number of amides is 2. The van der Waals surface area contributed by atoms with Crippen LogP contribution in [-0.4, -0.2) is 54.5 Å². The molecule has 12 nitrogen and oxygen atoms in total. The Balaban J connectivity index is 4.91. The topological polar surface area (TPSA) is 219 Å². The molecule has 0 bridgehead atoms. The molecule has 0 aliphatic heterocycles. The van der Waals surface area contributed by atoms with Gasteiger partial charge in [-0.2, -0.15) is 17.9 Å². The predicted molar refractivity (Wildman–Crippen MR) is 74.9 cm³/mol. The van der Waals surface area contributed by atoms with Crippen molar-refractivity contribution in [2.75, 3.05) is 0 Å². The van der Waals surface area contributed by atoms with E-state index in [1.807, 2.05) is 0 Å². The molecule has 23 heavy (non-hydrogen) atoms. The fraction of sp³-hybridized carbons (Fsp3) is 0.600. The Kier molecular flexibility index (Phi) is 8.13. The van der Waals surface area contributed by atoms with Crippen molar-refractivity contribution in [2.24, 2.45) is 11.5 Å². The lowest BCUT2D eigenvalue weighted by atomic mass is 10.2. The molecular weight excluding hydrogens is 336 g/mol. The quantitative estimate of drug-likeness (QED) is 0.209. The zero-order valence-electron chi connectivity index (χ0n) is 11.9. The minimum atomic E-state index is -4.53. The summed E-state index contributed by atoms with van der Waals surface area (Å²) in [6, 6.07) is -3.35. The molecule has 13 heteroatoms. The van der Waals surface area contributed by atoms with Gasteiger partial charge in [0.1, 0.15) is 12.1 Å². The Morgan fingerprint density at radius 3 is 1.35 bits per heavy atom. The number of nitrogens with one attached hydrogen (secondary N) is 2. The van der Waals surface area contributed by atoms with Crippen molar-refractivity contribution in [3.05, 3.63) is 0 Å². The molecular formula is C10H18N4O8S. The first-order chi connectivity index (χ1) is 10.4. The largest absolute Gasteiger partial charge is 0.480 e. The molecule has 2 atom stereocenters. The molecule has 0 aromatic rings. The predicted octanol–water partition coefficient (Wildman–Crippen LogP) is -3.15. The van der Waals surface area contributed by atoms with Crippen molar-refractivity contribution in [3.8, 4) is 0 Å². The highest BCUT2D eigenvalue weighted by molar-refractivity contribution is 7.87. The van der Waals surface area contributed by atoms with Crippen LogP contribution in [0.15, 0.2) is 0 Å². The number of primary amides is 2. The van der Waals surface area contributed by atoms with Crippen LogP contribution in [0.25, 0.3) is 0 Å². The smallest absolute Gasteiger partial charge is 0.321 e. The molecule has 0 spiro atoms. The molecule has 132 valence electrons. The van der Waals surface area contributed by atoms with Gasteiger partial charge in [-0.25, -0.2) is 0 Å². The molecule has 0 aromatic carbocycles. The fourth-order valence-corrected chi connectivity index (χ4v) is 2.70. The molecule has 0 heterocycles. The number of carbonyl (C=O) groups is 4. The van der Waals surface area contributed by atoms with Crippen LogP contribution in [0.5, 0.6) is 0 Å². The van der Waals surface area contributed by atoms with Crippen LogP contribution in [-0.2, 0) is 29.4 Å². The van der Waals surface area contributed by atoms with Crippen molar-refractivity contribution < 1.29 is 37.8 Å². The van der Waals surface area contributed by atoms with E-state index >= 15 is 0 Å². The number of rotatable bonds is 12. The van der Waals surface area contributed by atoms with Gasteiger partial charge < -0.3 is 21.7 Å². The first-order valence-corrected chi connectivity index (χ1v) is 7.74. The van der Waals surface area contributed by atoms with Gasteiger partial charge in [0.15, 0.2) is 0 Å². The molecule has 0 aliphatic carbocycles. The van der Waals surface area contributed by atoms with E-state index in [2.05, 4.69) is 0 Å². The lowest BCUT2D eigenvalue weighted by molar-refractivity contribution is -0.140. The van der Waals surface area contributed by atoms with E-state index in [0.29, 0.717) is 0 Å². The zero-order valence-corrected chi connectivity index (χ0v) is 12.7. The van der Waals surface area contributed by atoms with Crippen molar-refractivity contribution in [1.82, 2.24) is 9.44 Å². The van der Waals surface area contributed by atoms with Gasteiger partial charge in [-0.15, -0.1) is 0 Å². The highest BCUT2D eigenvalue weighted by atomic mass is 32.2. The van der Waals surface area contributed by atoms with Gasteiger partial charge in [0, 0.05) is 12.8 Å². The third-order valence-electron chi connectivity index (χ3n) is 2.55. The Bertz CT molecular complexity index is 531. The van der Waals surface area contributed by atoms with E-state index < -0.39 is 58.9 Å². The molecule has 0 saturated heterocycles. The van der Waals surface area contributed by atoms with Gasteiger partial charge >= 0.3 is 11.9 Å². The highest BCUT2D eigenvalue weighted by Gasteiger charge is 2.29. The van der Waals surface area contributed by atoms with Crippen LogP contribution in [0.3, 0.4) is 0 Å². The van der Waals surface area contributed by atoms with Gasteiger partial charge in [-0.3, -0.25) is 19.2 Å². The number of carboxylic acid groups (broad SMARTS) is 2. The summed E-state index contributed by atoms with van der Waals surface area (Å²) < 4.78 is 26.9. The summed E-state index contributed by atoms with van der Waals surface area (Å²) in [6.07, 6.45) is -1.59. The van der Waals surface area contributed by atoms with Crippen molar-refractivity contribution in [1.29, 1.82) is 0 Å². The molecule has 0 aliphatic rings. The van der Waals surface area contributed by atoms with E-state index in [0.717, 1.165) is 0 Å². The third-order valence-corrected chi connectivity index (χ3v) is 3.74. The lowest BCUT2D eigenvalue weighted by Crippen LogP contribution is -2.51.